The third-order valence-corrected chi connectivity index (χ3v) is 5.51. The molecular formula is C19H30N4O2. The molecule has 3 rings (SSSR count). The van der Waals surface area contributed by atoms with Crippen molar-refractivity contribution in [1.29, 1.82) is 0 Å². The molecule has 1 saturated carbocycles. The topological polar surface area (TPSA) is 67.2 Å². The van der Waals surface area contributed by atoms with Gasteiger partial charge in [-0.05, 0) is 31.2 Å². The van der Waals surface area contributed by atoms with Crippen LogP contribution in [0.4, 0.5) is 0 Å². The first-order valence-electron chi connectivity index (χ1n) is 9.59. The second kappa shape index (κ2) is 7.58. The minimum absolute atomic E-state index is 0.0393. The molecule has 1 atom stereocenters. The number of aromatic nitrogens is 2. The smallest absolute Gasteiger partial charge is 0.269 e. The number of nitrogens with one attached hydrogen (secondary N) is 1. The number of aryl methyl sites for hydroxylation is 1. The molecule has 2 aliphatic rings. The number of rotatable bonds is 4. The number of hydrogen-bond acceptors (Lipinski definition) is 3. The van der Waals surface area contributed by atoms with Gasteiger partial charge in [0.1, 0.15) is 5.69 Å². The summed E-state index contributed by atoms with van der Waals surface area (Å²) in [6, 6.07) is 1.90. The fourth-order valence-corrected chi connectivity index (χ4v) is 3.93. The number of carbonyl (C=O) groups is 2. The van der Waals surface area contributed by atoms with E-state index in [1.807, 2.05) is 11.0 Å². The summed E-state index contributed by atoms with van der Waals surface area (Å²) < 4.78 is 1.64. The van der Waals surface area contributed by atoms with Crippen LogP contribution in [0.5, 0.6) is 0 Å². The van der Waals surface area contributed by atoms with Crippen molar-refractivity contribution in [2.24, 2.45) is 13.0 Å². The molecular weight excluding hydrogens is 316 g/mol. The maximum Gasteiger partial charge on any atom is 0.269 e. The SMILES string of the molecule is CC(C)c1cc(C(=O)N[C@H]2CCN(C(=O)C3CCCCC3)C2)n(C)n1. The highest BCUT2D eigenvalue weighted by Crippen LogP contribution is 2.27. The standard InChI is InChI=1S/C19H30N4O2/c1-13(2)16-11-17(22(3)21-16)18(24)20-15-9-10-23(12-15)19(25)14-7-5-4-6-8-14/h11,13-15H,4-10,12H2,1-3H3,(H,20,24)/t15-/m0/s1. The van der Waals surface area contributed by atoms with Crippen molar-refractivity contribution in [2.45, 2.75) is 64.3 Å². The Morgan fingerprint density at radius 2 is 1.92 bits per heavy atom. The summed E-state index contributed by atoms with van der Waals surface area (Å²) in [5, 5.41) is 7.48. The first-order valence-corrected chi connectivity index (χ1v) is 9.59. The van der Waals surface area contributed by atoms with Crippen LogP contribution < -0.4 is 5.32 Å². The molecule has 1 N–H and O–H groups in total. The lowest BCUT2D eigenvalue weighted by Gasteiger charge is -2.26. The van der Waals surface area contributed by atoms with Crippen molar-refractivity contribution in [3.05, 3.63) is 17.5 Å². The molecule has 6 nitrogen and oxygen atoms in total. The quantitative estimate of drug-likeness (QED) is 0.910. The van der Waals surface area contributed by atoms with Gasteiger partial charge in [0.05, 0.1) is 5.69 Å². The Kier molecular flexibility index (Phi) is 5.45. The molecule has 0 unspecified atom stereocenters. The summed E-state index contributed by atoms with van der Waals surface area (Å²) in [4.78, 5) is 27.1. The molecule has 1 aromatic heterocycles. The van der Waals surface area contributed by atoms with Crippen LogP contribution in [0.15, 0.2) is 6.07 Å². The molecule has 1 aliphatic heterocycles. The molecule has 2 fully saturated rings. The molecule has 25 heavy (non-hydrogen) atoms. The van der Waals surface area contributed by atoms with E-state index < -0.39 is 0 Å². The molecule has 1 aliphatic carbocycles. The first kappa shape index (κ1) is 18.0. The molecule has 6 heteroatoms. The summed E-state index contributed by atoms with van der Waals surface area (Å²) in [6.07, 6.45) is 6.48. The number of likely N-dealkylation sites (tertiary alicyclic amines) is 1. The second-order valence-electron chi connectivity index (χ2n) is 7.81. The van der Waals surface area contributed by atoms with Gasteiger partial charge in [-0.2, -0.15) is 5.10 Å². The zero-order valence-corrected chi connectivity index (χ0v) is 15.6. The first-order chi connectivity index (χ1) is 12.0. The maximum absolute atomic E-state index is 12.6. The zero-order valence-electron chi connectivity index (χ0n) is 15.6. The zero-order chi connectivity index (χ0) is 18.0. The number of carbonyl (C=O) groups excluding carboxylic acids is 2. The van der Waals surface area contributed by atoms with Crippen molar-refractivity contribution in [3.63, 3.8) is 0 Å². The van der Waals surface area contributed by atoms with Crippen molar-refractivity contribution in [3.8, 4) is 0 Å². The van der Waals surface area contributed by atoms with E-state index in [0.29, 0.717) is 24.1 Å². The van der Waals surface area contributed by atoms with Gasteiger partial charge in [0.15, 0.2) is 0 Å². The highest BCUT2D eigenvalue weighted by atomic mass is 16.2. The molecule has 1 aromatic rings. The van der Waals surface area contributed by atoms with Crippen LogP contribution in [0, 0.1) is 5.92 Å². The summed E-state index contributed by atoms with van der Waals surface area (Å²) in [5.74, 6) is 0.689. The summed E-state index contributed by atoms with van der Waals surface area (Å²) in [6.45, 7) is 5.52. The third-order valence-electron chi connectivity index (χ3n) is 5.51. The van der Waals surface area contributed by atoms with Crippen LogP contribution in [0.25, 0.3) is 0 Å². The fraction of sp³-hybridized carbons (Fsp3) is 0.737. The third kappa shape index (κ3) is 4.05. The van der Waals surface area contributed by atoms with E-state index in [-0.39, 0.29) is 17.9 Å². The second-order valence-corrected chi connectivity index (χ2v) is 7.81. The van der Waals surface area contributed by atoms with Gasteiger partial charge in [0.2, 0.25) is 5.91 Å². The lowest BCUT2D eigenvalue weighted by atomic mass is 9.88. The molecule has 0 radical (unpaired) electrons. The van der Waals surface area contributed by atoms with Gasteiger partial charge in [-0.3, -0.25) is 14.3 Å². The normalized spacial score (nSPS) is 21.8. The summed E-state index contributed by atoms with van der Waals surface area (Å²) >= 11 is 0. The van der Waals surface area contributed by atoms with Gasteiger partial charge in [-0.15, -0.1) is 0 Å². The monoisotopic (exact) mass is 346 g/mol. The Hall–Kier alpha value is -1.85. The number of hydrogen-bond donors (Lipinski definition) is 1. The van der Waals surface area contributed by atoms with Gasteiger partial charge in [0, 0.05) is 32.1 Å². The Labute approximate surface area is 149 Å². The van der Waals surface area contributed by atoms with Crippen molar-refractivity contribution >= 4 is 11.8 Å². The molecule has 1 saturated heterocycles. The molecule has 0 aromatic carbocycles. The average molecular weight is 346 g/mol. The lowest BCUT2D eigenvalue weighted by Crippen LogP contribution is -2.41. The molecule has 0 bridgehead atoms. The minimum atomic E-state index is -0.0983. The molecule has 2 heterocycles. The van der Waals surface area contributed by atoms with Crippen molar-refractivity contribution in [1.82, 2.24) is 20.0 Å². The molecule has 138 valence electrons. The van der Waals surface area contributed by atoms with E-state index in [4.69, 9.17) is 0 Å². The highest BCUT2D eigenvalue weighted by molar-refractivity contribution is 5.93. The lowest BCUT2D eigenvalue weighted by molar-refractivity contribution is -0.135. The number of nitrogens with zero attached hydrogens (tertiary/aromatic N) is 3. The predicted molar refractivity (Wildman–Crippen MR) is 96.3 cm³/mol. The predicted octanol–water partition coefficient (Wildman–Crippen LogP) is 2.45. The average Bonchev–Trinajstić information content (AvgIpc) is 3.21. The van der Waals surface area contributed by atoms with E-state index >= 15 is 0 Å². The van der Waals surface area contributed by atoms with Gasteiger partial charge in [0.25, 0.3) is 5.91 Å². The Bertz CT molecular complexity index is 631. The minimum Gasteiger partial charge on any atom is -0.346 e. The van der Waals surface area contributed by atoms with Gasteiger partial charge >= 0.3 is 0 Å². The Morgan fingerprint density at radius 1 is 1.20 bits per heavy atom. The van der Waals surface area contributed by atoms with Gasteiger partial charge in [-0.25, -0.2) is 0 Å². The van der Waals surface area contributed by atoms with E-state index in [2.05, 4.69) is 24.3 Å². The van der Waals surface area contributed by atoms with E-state index in [9.17, 15) is 9.59 Å². The number of amides is 2. The van der Waals surface area contributed by atoms with Crippen molar-refractivity contribution in [2.75, 3.05) is 13.1 Å². The largest absolute Gasteiger partial charge is 0.346 e. The van der Waals surface area contributed by atoms with E-state index in [1.165, 1.54) is 19.3 Å². The highest BCUT2D eigenvalue weighted by Gasteiger charge is 2.32. The van der Waals surface area contributed by atoms with Gasteiger partial charge in [-0.1, -0.05) is 33.1 Å². The van der Waals surface area contributed by atoms with Crippen LogP contribution in [-0.2, 0) is 11.8 Å². The van der Waals surface area contributed by atoms with Gasteiger partial charge < -0.3 is 10.2 Å². The Balaban J connectivity index is 1.55. The van der Waals surface area contributed by atoms with Crippen molar-refractivity contribution < 1.29 is 9.59 Å². The van der Waals surface area contributed by atoms with Crippen LogP contribution in [-0.4, -0.2) is 45.6 Å². The van der Waals surface area contributed by atoms with E-state index in [1.54, 1.807) is 11.7 Å². The van der Waals surface area contributed by atoms with E-state index in [0.717, 1.165) is 31.5 Å². The fourth-order valence-electron chi connectivity index (χ4n) is 3.93. The maximum atomic E-state index is 12.6. The van der Waals surface area contributed by atoms with Crippen LogP contribution in [0.2, 0.25) is 0 Å². The summed E-state index contributed by atoms with van der Waals surface area (Å²) in [5.41, 5.74) is 1.51. The van der Waals surface area contributed by atoms with Crippen LogP contribution >= 0.6 is 0 Å². The molecule has 2 amide bonds. The Morgan fingerprint density at radius 3 is 2.56 bits per heavy atom. The molecule has 0 spiro atoms. The van der Waals surface area contributed by atoms with Crippen LogP contribution in [0.3, 0.4) is 0 Å². The summed E-state index contributed by atoms with van der Waals surface area (Å²) in [7, 11) is 1.80. The van der Waals surface area contributed by atoms with Crippen LogP contribution in [0.1, 0.15) is 74.5 Å².